The van der Waals surface area contributed by atoms with Crippen LogP contribution in [0.5, 0.6) is 0 Å². The Balaban J connectivity index is 2.59. The summed E-state index contributed by atoms with van der Waals surface area (Å²) in [5, 5.41) is 0. The Hall–Kier alpha value is -0.750. The first-order chi connectivity index (χ1) is 8.90. The van der Waals surface area contributed by atoms with Crippen LogP contribution in [-0.4, -0.2) is 5.78 Å². The first kappa shape index (κ1) is 14.7. The first-order valence-corrected chi connectivity index (χ1v) is 7.54. The molecular weight excluding hydrogens is 422 g/mol. The van der Waals surface area contributed by atoms with E-state index in [9.17, 15) is 9.18 Å². The van der Waals surface area contributed by atoms with E-state index in [0.29, 0.717) is 22.3 Å². The van der Waals surface area contributed by atoms with Gasteiger partial charge in [-0.15, -0.1) is 0 Å². The SMILES string of the molecule is Cc1cc(F)cc(C)c1C(=O)c1cc(I)ccc1Br. The fourth-order valence-corrected chi connectivity index (χ4v) is 2.99. The Labute approximate surface area is 133 Å². The van der Waals surface area contributed by atoms with Crippen molar-refractivity contribution in [3.05, 3.63) is 66.4 Å². The van der Waals surface area contributed by atoms with Gasteiger partial charge in [-0.2, -0.15) is 0 Å². The van der Waals surface area contributed by atoms with Gasteiger partial charge in [-0.05, 0) is 77.9 Å². The van der Waals surface area contributed by atoms with Crippen LogP contribution in [0.25, 0.3) is 0 Å². The number of aryl methyl sites for hydroxylation is 2. The molecule has 1 nitrogen and oxygen atoms in total. The van der Waals surface area contributed by atoms with E-state index in [4.69, 9.17) is 0 Å². The highest BCUT2D eigenvalue weighted by atomic mass is 127. The van der Waals surface area contributed by atoms with Gasteiger partial charge in [-0.3, -0.25) is 4.79 Å². The monoisotopic (exact) mass is 432 g/mol. The van der Waals surface area contributed by atoms with Crippen molar-refractivity contribution in [2.24, 2.45) is 0 Å². The summed E-state index contributed by atoms with van der Waals surface area (Å²) in [6, 6.07) is 8.38. The van der Waals surface area contributed by atoms with E-state index < -0.39 is 0 Å². The molecule has 0 aliphatic rings. The maximum atomic E-state index is 13.3. The summed E-state index contributed by atoms with van der Waals surface area (Å²) < 4.78 is 15.0. The Kier molecular flexibility index (Phi) is 4.40. The number of ketones is 1. The third kappa shape index (κ3) is 3.05. The third-order valence-electron chi connectivity index (χ3n) is 2.90. The van der Waals surface area contributed by atoms with Gasteiger partial charge in [0.25, 0.3) is 0 Å². The maximum absolute atomic E-state index is 13.3. The zero-order valence-corrected chi connectivity index (χ0v) is 14.2. The molecule has 0 N–H and O–H groups in total. The van der Waals surface area contributed by atoms with E-state index in [1.54, 1.807) is 13.8 Å². The molecule has 2 aromatic carbocycles. The quantitative estimate of drug-likeness (QED) is 0.480. The molecule has 0 unspecified atom stereocenters. The minimum absolute atomic E-state index is 0.0830. The van der Waals surface area contributed by atoms with Gasteiger partial charge in [0, 0.05) is 19.2 Å². The van der Waals surface area contributed by atoms with Crippen LogP contribution in [0.3, 0.4) is 0 Å². The maximum Gasteiger partial charge on any atom is 0.194 e. The summed E-state index contributed by atoms with van der Waals surface area (Å²) in [5.41, 5.74) is 2.50. The van der Waals surface area contributed by atoms with Crippen molar-refractivity contribution in [3.63, 3.8) is 0 Å². The van der Waals surface area contributed by atoms with Crippen LogP contribution in [0.1, 0.15) is 27.0 Å². The molecule has 0 amide bonds. The molecule has 0 spiro atoms. The van der Waals surface area contributed by atoms with Crippen molar-refractivity contribution < 1.29 is 9.18 Å². The first-order valence-electron chi connectivity index (χ1n) is 5.66. The summed E-state index contributed by atoms with van der Waals surface area (Å²) in [6.45, 7) is 3.51. The summed E-state index contributed by atoms with van der Waals surface area (Å²) in [5.74, 6) is -0.395. The lowest BCUT2D eigenvalue weighted by atomic mass is 9.95. The molecule has 0 bridgehead atoms. The van der Waals surface area contributed by atoms with Gasteiger partial charge >= 0.3 is 0 Å². The Morgan fingerprint density at radius 1 is 1.16 bits per heavy atom. The van der Waals surface area contributed by atoms with Crippen LogP contribution in [0, 0.1) is 23.2 Å². The zero-order chi connectivity index (χ0) is 14.2. The van der Waals surface area contributed by atoms with E-state index in [-0.39, 0.29) is 11.6 Å². The number of rotatable bonds is 2. The molecule has 0 saturated heterocycles. The van der Waals surface area contributed by atoms with E-state index in [1.165, 1.54) is 12.1 Å². The van der Waals surface area contributed by atoms with E-state index >= 15 is 0 Å². The molecule has 0 heterocycles. The molecule has 0 saturated carbocycles. The smallest absolute Gasteiger partial charge is 0.194 e. The highest BCUT2D eigenvalue weighted by Gasteiger charge is 2.18. The molecule has 2 aromatic rings. The van der Waals surface area contributed by atoms with Crippen molar-refractivity contribution in [1.82, 2.24) is 0 Å². The Bertz CT molecular complexity index is 644. The zero-order valence-electron chi connectivity index (χ0n) is 10.4. The lowest BCUT2D eigenvalue weighted by Crippen LogP contribution is -2.08. The van der Waals surface area contributed by atoms with Crippen LogP contribution >= 0.6 is 38.5 Å². The van der Waals surface area contributed by atoms with Gasteiger partial charge in [-0.25, -0.2) is 4.39 Å². The topological polar surface area (TPSA) is 17.1 Å². The highest BCUT2D eigenvalue weighted by molar-refractivity contribution is 14.1. The number of hydrogen-bond acceptors (Lipinski definition) is 1. The highest BCUT2D eigenvalue weighted by Crippen LogP contribution is 2.26. The number of carbonyl (C=O) groups excluding carboxylic acids is 1. The van der Waals surface area contributed by atoms with Gasteiger partial charge in [0.05, 0.1) is 0 Å². The second-order valence-electron chi connectivity index (χ2n) is 4.37. The molecular formula is C15H11BrFIO. The van der Waals surface area contributed by atoms with Gasteiger partial charge < -0.3 is 0 Å². The van der Waals surface area contributed by atoms with Gasteiger partial charge in [0.2, 0.25) is 0 Å². The minimum atomic E-state index is -0.312. The predicted octanol–water partition coefficient (Wildman–Crippen LogP) is 5.04. The standard InChI is InChI=1S/C15H11BrFIO/c1-8-5-10(17)6-9(2)14(8)15(19)12-7-11(18)3-4-13(12)16/h3-7H,1-2H3. The fraction of sp³-hybridized carbons (Fsp3) is 0.133. The second kappa shape index (κ2) is 5.71. The largest absolute Gasteiger partial charge is 0.289 e. The fourth-order valence-electron chi connectivity index (χ4n) is 2.07. The van der Waals surface area contributed by atoms with Crippen molar-refractivity contribution in [3.8, 4) is 0 Å². The summed E-state index contributed by atoms with van der Waals surface area (Å²) >= 11 is 5.56. The van der Waals surface area contributed by atoms with Crippen molar-refractivity contribution >= 4 is 44.3 Å². The molecule has 0 aliphatic heterocycles. The molecule has 0 atom stereocenters. The van der Waals surface area contributed by atoms with Gasteiger partial charge in [0.1, 0.15) is 5.82 Å². The van der Waals surface area contributed by atoms with Crippen LogP contribution in [0.4, 0.5) is 4.39 Å². The normalized spacial score (nSPS) is 10.6. The number of halogens is 3. The van der Waals surface area contributed by atoms with Crippen LogP contribution in [0.15, 0.2) is 34.8 Å². The van der Waals surface area contributed by atoms with Crippen molar-refractivity contribution in [2.45, 2.75) is 13.8 Å². The lowest BCUT2D eigenvalue weighted by Gasteiger charge is -2.11. The van der Waals surface area contributed by atoms with Crippen LogP contribution in [-0.2, 0) is 0 Å². The van der Waals surface area contributed by atoms with E-state index in [2.05, 4.69) is 38.5 Å². The van der Waals surface area contributed by atoms with Gasteiger partial charge in [-0.1, -0.05) is 15.9 Å². The predicted molar refractivity (Wildman–Crippen MR) is 86.2 cm³/mol. The number of benzene rings is 2. The molecule has 0 aromatic heterocycles. The summed E-state index contributed by atoms with van der Waals surface area (Å²) in [7, 11) is 0. The average Bonchev–Trinajstić information content (AvgIpc) is 2.30. The second-order valence-corrected chi connectivity index (χ2v) is 6.47. The number of carbonyl (C=O) groups is 1. The number of hydrogen-bond donors (Lipinski definition) is 0. The summed E-state index contributed by atoms with van der Waals surface area (Å²) in [6.07, 6.45) is 0. The van der Waals surface area contributed by atoms with Crippen molar-refractivity contribution in [1.29, 1.82) is 0 Å². The molecule has 4 heteroatoms. The van der Waals surface area contributed by atoms with Crippen LogP contribution in [0.2, 0.25) is 0 Å². The average molecular weight is 433 g/mol. The van der Waals surface area contributed by atoms with Gasteiger partial charge in [0.15, 0.2) is 5.78 Å². The molecule has 19 heavy (non-hydrogen) atoms. The van der Waals surface area contributed by atoms with E-state index in [1.807, 2.05) is 18.2 Å². The molecule has 0 fully saturated rings. The minimum Gasteiger partial charge on any atom is -0.289 e. The lowest BCUT2D eigenvalue weighted by molar-refractivity contribution is 0.103. The molecule has 2 rings (SSSR count). The van der Waals surface area contributed by atoms with Crippen molar-refractivity contribution in [2.75, 3.05) is 0 Å². The van der Waals surface area contributed by atoms with Crippen LogP contribution < -0.4 is 0 Å². The Morgan fingerprint density at radius 3 is 2.32 bits per heavy atom. The summed E-state index contributed by atoms with van der Waals surface area (Å²) in [4.78, 5) is 12.6. The molecule has 98 valence electrons. The Morgan fingerprint density at radius 2 is 1.74 bits per heavy atom. The third-order valence-corrected chi connectivity index (χ3v) is 4.26. The van der Waals surface area contributed by atoms with E-state index in [0.717, 1.165) is 8.04 Å². The molecule has 0 radical (unpaired) electrons. The molecule has 0 aliphatic carbocycles.